The van der Waals surface area contributed by atoms with E-state index in [4.69, 9.17) is 4.98 Å². The van der Waals surface area contributed by atoms with Gasteiger partial charge in [0, 0.05) is 25.7 Å². The van der Waals surface area contributed by atoms with Crippen LogP contribution in [0.15, 0.2) is 54.6 Å². The molecule has 184 valence electrons. The number of nitrogens with one attached hydrogen (secondary N) is 2. The van der Waals surface area contributed by atoms with Crippen molar-refractivity contribution in [2.75, 3.05) is 20.6 Å². The van der Waals surface area contributed by atoms with E-state index >= 15 is 0 Å². The van der Waals surface area contributed by atoms with Crippen LogP contribution in [0.2, 0.25) is 0 Å². The van der Waals surface area contributed by atoms with E-state index in [1.807, 2.05) is 51.1 Å². The Morgan fingerprint density at radius 3 is 2.29 bits per heavy atom. The molecule has 3 aromatic rings. The lowest BCUT2D eigenvalue weighted by molar-refractivity contribution is -0.124. The molecule has 1 aromatic heterocycles. The van der Waals surface area contributed by atoms with E-state index in [0.717, 1.165) is 47.7 Å². The summed E-state index contributed by atoms with van der Waals surface area (Å²) < 4.78 is 2.19. The number of imidazole rings is 1. The molecular weight excluding hydrogens is 438 g/mol. The van der Waals surface area contributed by atoms with Crippen LogP contribution in [-0.4, -0.2) is 52.9 Å². The van der Waals surface area contributed by atoms with Crippen molar-refractivity contribution in [2.45, 2.75) is 46.3 Å². The lowest BCUT2D eigenvalue weighted by Crippen LogP contribution is -2.53. The van der Waals surface area contributed by atoms with Gasteiger partial charge in [-0.1, -0.05) is 75.4 Å². The number of hydrogen-bond donors (Lipinski definition) is 2. The molecule has 1 aliphatic heterocycles. The molecule has 2 aromatic carbocycles. The fourth-order valence-corrected chi connectivity index (χ4v) is 4.68. The third-order valence-electron chi connectivity index (χ3n) is 6.53. The third kappa shape index (κ3) is 5.15. The fraction of sp³-hybridized carbons (Fsp3) is 0.393. The van der Waals surface area contributed by atoms with Gasteiger partial charge >= 0.3 is 0 Å². The molecule has 0 spiro atoms. The minimum Gasteiger partial charge on any atom is -0.357 e. The lowest BCUT2D eigenvalue weighted by Gasteiger charge is -2.29. The number of benzene rings is 2. The quantitative estimate of drug-likeness (QED) is 0.588. The number of nitrogens with zero attached hydrogens (tertiary/aromatic N) is 3. The molecule has 2 N–H and O–H groups in total. The second-order valence-electron chi connectivity index (χ2n) is 10.3. The molecule has 0 radical (unpaired) electrons. The SMILES string of the molecule is CNC(=O)[C@@H](NC(=O)c1nc(-c2ccccc2-c2ccccc2)n2c1CN(C)CCC2)C(C)(C)C. The maximum absolute atomic E-state index is 13.6. The van der Waals surface area contributed by atoms with Crippen molar-refractivity contribution in [3.05, 3.63) is 66.0 Å². The Labute approximate surface area is 207 Å². The van der Waals surface area contributed by atoms with Gasteiger partial charge in [-0.15, -0.1) is 0 Å². The van der Waals surface area contributed by atoms with Gasteiger partial charge in [0.25, 0.3) is 5.91 Å². The predicted molar refractivity (Wildman–Crippen MR) is 139 cm³/mol. The molecule has 2 heterocycles. The van der Waals surface area contributed by atoms with E-state index in [1.165, 1.54) is 0 Å². The van der Waals surface area contributed by atoms with Crippen LogP contribution in [0.5, 0.6) is 0 Å². The van der Waals surface area contributed by atoms with Crippen LogP contribution >= 0.6 is 0 Å². The van der Waals surface area contributed by atoms with Crippen LogP contribution in [0.4, 0.5) is 0 Å². The van der Waals surface area contributed by atoms with Crippen molar-refractivity contribution in [1.29, 1.82) is 0 Å². The molecule has 2 amide bonds. The zero-order chi connectivity index (χ0) is 25.2. The first-order valence-corrected chi connectivity index (χ1v) is 12.2. The molecule has 1 atom stereocenters. The highest BCUT2D eigenvalue weighted by Crippen LogP contribution is 2.34. The van der Waals surface area contributed by atoms with E-state index in [9.17, 15) is 9.59 Å². The minimum absolute atomic E-state index is 0.220. The Morgan fingerprint density at radius 2 is 1.63 bits per heavy atom. The summed E-state index contributed by atoms with van der Waals surface area (Å²) in [5, 5.41) is 5.65. The monoisotopic (exact) mass is 473 g/mol. The molecule has 35 heavy (non-hydrogen) atoms. The summed E-state index contributed by atoms with van der Waals surface area (Å²) in [6.07, 6.45) is 0.963. The highest BCUT2D eigenvalue weighted by molar-refractivity contribution is 5.98. The minimum atomic E-state index is -0.680. The summed E-state index contributed by atoms with van der Waals surface area (Å²) in [6, 6.07) is 17.7. The first kappa shape index (κ1) is 24.7. The topological polar surface area (TPSA) is 79.3 Å². The van der Waals surface area contributed by atoms with Crippen molar-refractivity contribution < 1.29 is 9.59 Å². The molecule has 0 saturated carbocycles. The molecule has 4 rings (SSSR count). The summed E-state index contributed by atoms with van der Waals surface area (Å²) in [5.74, 6) is 0.242. The largest absolute Gasteiger partial charge is 0.357 e. The number of aromatic nitrogens is 2. The zero-order valence-corrected chi connectivity index (χ0v) is 21.3. The average Bonchev–Trinajstić information content (AvgIpc) is 3.07. The van der Waals surface area contributed by atoms with Gasteiger partial charge in [-0.2, -0.15) is 0 Å². The molecule has 0 bridgehead atoms. The van der Waals surface area contributed by atoms with E-state index in [1.54, 1.807) is 7.05 Å². The van der Waals surface area contributed by atoms with Crippen molar-refractivity contribution in [3.63, 3.8) is 0 Å². The highest BCUT2D eigenvalue weighted by Gasteiger charge is 2.35. The van der Waals surface area contributed by atoms with Gasteiger partial charge in [0.05, 0.1) is 5.69 Å². The van der Waals surface area contributed by atoms with E-state index in [-0.39, 0.29) is 11.8 Å². The first-order chi connectivity index (χ1) is 16.7. The van der Waals surface area contributed by atoms with Gasteiger partial charge in [0.2, 0.25) is 5.91 Å². The summed E-state index contributed by atoms with van der Waals surface area (Å²) in [5.41, 5.74) is 3.97. The second-order valence-corrected chi connectivity index (χ2v) is 10.3. The number of amides is 2. The van der Waals surface area contributed by atoms with Crippen molar-refractivity contribution >= 4 is 11.8 Å². The van der Waals surface area contributed by atoms with Crippen LogP contribution in [0.25, 0.3) is 22.5 Å². The summed E-state index contributed by atoms with van der Waals surface area (Å²) in [4.78, 5) is 33.4. The van der Waals surface area contributed by atoms with Crippen molar-refractivity contribution in [3.8, 4) is 22.5 Å². The first-order valence-electron chi connectivity index (χ1n) is 12.2. The Hall–Kier alpha value is -3.45. The van der Waals surface area contributed by atoms with Crippen molar-refractivity contribution in [1.82, 2.24) is 25.1 Å². The summed E-state index contributed by atoms with van der Waals surface area (Å²) >= 11 is 0. The van der Waals surface area contributed by atoms with Crippen LogP contribution in [0.1, 0.15) is 43.4 Å². The van der Waals surface area contributed by atoms with Crippen molar-refractivity contribution in [2.24, 2.45) is 5.41 Å². The van der Waals surface area contributed by atoms with E-state index in [0.29, 0.717) is 12.2 Å². The number of fused-ring (bicyclic) bond motifs is 1. The lowest BCUT2D eigenvalue weighted by atomic mass is 9.86. The molecule has 0 saturated heterocycles. The number of carbonyl (C=O) groups is 2. The normalized spacial score (nSPS) is 15.1. The third-order valence-corrected chi connectivity index (χ3v) is 6.53. The van der Waals surface area contributed by atoms with Gasteiger partial charge in [0.1, 0.15) is 11.9 Å². The Morgan fingerprint density at radius 1 is 0.971 bits per heavy atom. The molecule has 7 nitrogen and oxygen atoms in total. The van der Waals surface area contributed by atoms with Gasteiger partial charge in [0.15, 0.2) is 5.69 Å². The van der Waals surface area contributed by atoms with E-state index in [2.05, 4.69) is 51.4 Å². The molecule has 1 aliphatic rings. The molecular formula is C28H35N5O2. The average molecular weight is 474 g/mol. The van der Waals surface area contributed by atoms with Gasteiger partial charge in [-0.05, 0) is 36.6 Å². The van der Waals surface area contributed by atoms with Gasteiger partial charge in [-0.3, -0.25) is 9.59 Å². The molecule has 0 fully saturated rings. The summed E-state index contributed by atoms with van der Waals surface area (Å²) in [7, 11) is 3.65. The standard InChI is InChI=1S/C28H35N5O2/c1-28(2,3)24(27(35)29-4)31-26(34)23-22-18-32(5)16-11-17-33(22)25(30-23)21-15-10-9-14-20(21)19-12-7-6-8-13-19/h6-10,12-15,24H,11,16-18H2,1-5H3,(H,29,35)(H,31,34)/t24-/m1/s1. The number of likely N-dealkylation sites (N-methyl/N-ethyl adjacent to an activating group) is 1. The number of rotatable bonds is 5. The van der Waals surface area contributed by atoms with Gasteiger partial charge in [-0.25, -0.2) is 4.98 Å². The molecule has 7 heteroatoms. The Bertz CT molecular complexity index is 1210. The zero-order valence-electron chi connectivity index (χ0n) is 21.3. The number of hydrogen-bond acceptors (Lipinski definition) is 4. The van der Waals surface area contributed by atoms with E-state index < -0.39 is 11.5 Å². The predicted octanol–water partition coefficient (Wildman–Crippen LogP) is 3.94. The molecule has 0 unspecified atom stereocenters. The Balaban J connectivity index is 1.83. The molecule has 0 aliphatic carbocycles. The maximum Gasteiger partial charge on any atom is 0.272 e. The fourth-order valence-electron chi connectivity index (χ4n) is 4.68. The number of carbonyl (C=O) groups excluding carboxylic acids is 2. The summed E-state index contributed by atoms with van der Waals surface area (Å²) in [6.45, 7) is 8.15. The Kier molecular flexibility index (Phi) is 7.08. The van der Waals surface area contributed by atoms with Crippen LogP contribution in [-0.2, 0) is 17.9 Å². The maximum atomic E-state index is 13.6. The highest BCUT2D eigenvalue weighted by atomic mass is 16.2. The smallest absolute Gasteiger partial charge is 0.272 e. The second kappa shape index (κ2) is 10.0. The van der Waals surface area contributed by atoms with Crippen LogP contribution in [0.3, 0.4) is 0 Å². The van der Waals surface area contributed by atoms with Gasteiger partial charge < -0.3 is 20.1 Å². The van der Waals surface area contributed by atoms with Crippen LogP contribution < -0.4 is 10.6 Å². The van der Waals surface area contributed by atoms with Crippen LogP contribution in [0, 0.1) is 5.41 Å².